The summed E-state index contributed by atoms with van der Waals surface area (Å²) in [5.74, 6) is 0.924. The van der Waals surface area contributed by atoms with Crippen LogP contribution in [0.4, 0.5) is 5.69 Å². The maximum Gasteiger partial charge on any atom is 0.220 e. The first kappa shape index (κ1) is 23.7. The van der Waals surface area contributed by atoms with E-state index in [0.29, 0.717) is 0 Å². The maximum atomic E-state index is 11.3. The molecule has 7 nitrogen and oxygen atoms in total. The molecule has 2 aliphatic rings. The predicted molar refractivity (Wildman–Crippen MR) is 129 cm³/mol. The van der Waals surface area contributed by atoms with Gasteiger partial charge < -0.3 is 25.8 Å². The fourth-order valence-electron chi connectivity index (χ4n) is 4.52. The second-order valence-corrected chi connectivity index (χ2v) is 9.04. The molecule has 3 N–H and O–H groups in total. The van der Waals surface area contributed by atoms with Crippen molar-refractivity contribution in [1.29, 1.82) is 0 Å². The van der Waals surface area contributed by atoms with Gasteiger partial charge in [-0.2, -0.15) is 0 Å². The molecule has 172 valence electrons. The topological polar surface area (TPSA) is 77.2 Å². The van der Waals surface area contributed by atoms with Crippen LogP contribution in [0.1, 0.15) is 31.2 Å². The summed E-state index contributed by atoms with van der Waals surface area (Å²) in [6, 6.07) is 6.10. The van der Waals surface area contributed by atoms with Gasteiger partial charge >= 0.3 is 0 Å². The molecular formula is C23H37ClN6O. The highest BCUT2D eigenvalue weighted by Gasteiger charge is 2.23. The fraction of sp³-hybridized carbons (Fsp3) is 0.652. The van der Waals surface area contributed by atoms with E-state index >= 15 is 0 Å². The number of nitrogens with zero attached hydrogens (tertiary/aromatic N) is 4. The number of primary amides is 1. The van der Waals surface area contributed by atoms with Crippen LogP contribution in [-0.4, -0.2) is 81.1 Å². The average Bonchev–Trinajstić information content (AvgIpc) is 2.78. The van der Waals surface area contributed by atoms with Crippen LogP contribution in [0.3, 0.4) is 0 Å². The van der Waals surface area contributed by atoms with E-state index in [1.54, 1.807) is 0 Å². The monoisotopic (exact) mass is 448 g/mol. The Hall–Kier alpha value is -1.99. The number of nitrogens with two attached hydrogens (primary N) is 1. The Bertz CT molecular complexity index is 754. The third-order valence-electron chi connectivity index (χ3n) is 6.48. The molecule has 8 heteroatoms. The Labute approximate surface area is 191 Å². The molecule has 0 bridgehead atoms. The van der Waals surface area contributed by atoms with Crippen molar-refractivity contribution in [2.24, 2.45) is 16.6 Å². The van der Waals surface area contributed by atoms with Gasteiger partial charge in [0.25, 0.3) is 0 Å². The van der Waals surface area contributed by atoms with Crippen LogP contribution in [0.5, 0.6) is 0 Å². The first-order chi connectivity index (χ1) is 15.0. The average molecular weight is 449 g/mol. The van der Waals surface area contributed by atoms with Crippen LogP contribution < -0.4 is 16.0 Å². The second-order valence-electron chi connectivity index (χ2n) is 8.60. The quantitative estimate of drug-likeness (QED) is 0.380. The predicted octanol–water partition coefficient (Wildman–Crippen LogP) is 2.32. The molecule has 1 aromatic rings. The normalized spacial score (nSPS) is 19.0. The minimum atomic E-state index is -0.140. The highest BCUT2D eigenvalue weighted by Crippen LogP contribution is 2.25. The van der Waals surface area contributed by atoms with Crippen LogP contribution in [0, 0.1) is 12.8 Å². The van der Waals surface area contributed by atoms with E-state index < -0.39 is 0 Å². The van der Waals surface area contributed by atoms with E-state index in [-0.39, 0.29) is 11.8 Å². The largest absolute Gasteiger partial charge is 0.369 e. The maximum absolute atomic E-state index is 11.3. The number of carbonyl (C=O) groups excluding carboxylic acids is 1. The number of aryl methyl sites for hydroxylation is 1. The Morgan fingerprint density at radius 3 is 2.52 bits per heavy atom. The van der Waals surface area contributed by atoms with Crippen molar-refractivity contribution < 1.29 is 4.79 Å². The van der Waals surface area contributed by atoms with E-state index in [1.807, 2.05) is 13.1 Å². The van der Waals surface area contributed by atoms with Gasteiger partial charge in [0.2, 0.25) is 5.91 Å². The molecule has 2 aliphatic heterocycles. The van der Waals surface area contributed by atoms with Crippen molar-refractivity contribution in [1.82, 2.24) is 15.1 Å². The molecule has 0 saturated carbocycles. The van der Waals surface area contributed by atoms with Crippen LogP contribution in [-0.2, 0) is 4.79 Å². The molecule has 3 rings (SSSR count). The number of hydrogen-bond acceptors (Lipinski definition) is 4. The van der Waals surface area contributed by atoms with E-state index in [9.17, 15) is 4.79 Å². The first-order valence-corrected chi connectivity index (χ1v) is 11.8. The molecular weight excluding hydrogens is 412 g/mol. The molecule has 0 aliphatic carbocycles. The number of carbonyl (C=O) groups is 1. The molecule has 1 amide bonds. The number of piperazine rings is 1. The van der Waals surface area contributed by atoms with Crippen molar-refractivity contribution in [3.63, 3.8) is 0 Å². The summed E-state index contributed by atoms with van der Waals surface area (Å²) < 4.78 is 0. The van der Waals surface area contributed by atoms with E-state index in [0.717, 1.165) is 89.0 Å². The number of nitrogens with one attached hydrogen (secondary N) is 1. The molecule has 2 heterocycles. The van der Waals surface area contributed by atoms with E-state index in [4.69, 9.17) is 17.3 Å². The van der Waals surface area contributed by atoms with Crippen molar-refractivity contribution in [2.75, 3.05) is 64.3 Å². The minimum Gasteiger partial charge on any atom is -0.369 e. The molecule has 31 heavy (non-hydrogen) atoms. The Balaban J connectivity index is 1.34. The summed E-state index contributed by atoms with van der Waals surface area (Å²) >= 11 is 6.20. The van der Waals surface area contributed by atoms with Gasteiger partial charge in [-0.1, -0.05) is 17.7 Å². The van der Waals surface area contributed by atoms with Crippen LogP contribution in [0.15, 0.2) is 23.2 Å². The second kappa shape index (κ2) is 11.6. The summed E-state index contributed by atoms with van der Waals surface area (Å²) in [4.78, 5) is 23.0. The fourth-order valence-corrected chi connectivity index (χ4v) is 4.68. The number of halogens is 1. The Kier molecular flexibility index (Phi) is 8.84. The van der Waals surface area contributed by atoms with Gasteiger partial charge in [-0.3, -0.25) is 9.79 Å². The summed E-state index contributed by atoms with van der Waals surface area (Å²) in [6.07, 6.45) is 4.06. The number of guanidine groups is 1. The molecule has 2 saturated heterocycles. The lowest BCUT2D eigenvalue weighted by Crippen LogP contribution is -2.52. The third-order valence-corrected chi connectivity index (χ3v) is 6.71. The van der Waals surface area contributed by atoms with Gasteiger partial charge in [0.1, 0.15) is 0 Å². The van der Waals surface area contributed by atoms with Crippen molar-refractivity contribution in [3.05, 3.63) is 28.8 Å². The number of anilines is 1. The van der Waals surface area contributed by atoms with Crippen molar-refractivity contribution >= 4 is 29.2 Å². The molecule has 0 atom stereocenters. The lowest BCUT2D eigenvalue weighted by molar-refractivity contribution is -0.123. The zero-order valence-electron chi connectivity index (χ0n) is 18.9. The van der Waals surface area contributed by atoms with Gasteiger partial charge in [0.05, 0.1) is 0 Å². The van der Waals surface area contributed by atoms with Gasteiger partial charge in [0.15, 0.2) is 5.96 Å². The number of amides is 1. The Morgan fingerprint density at radius 2 is 1.87 bits per heavy atom. The number of aliphatic imine (C=N–C) groups is 1. The number of hydrogen-bond donors (Lipinski definition) is 2. The number of benzene rings is 1. The zero-order chi connectivity index (χ0) is 22.2. The standard InChI is InChI=1S/C23H37ClN6O/c1-18-5-6-20(24)17-21(18)29-13-15-30(16-14-29)23(26-2)27-9-3-4-10-28-11-7-19(8-12-28)22(25)31/h5-6,17,19H,3-4,7-16H2,1-2H3,(H2,25,31)(H,26,27). The SMILES string of the molecule is CN=C(NCCCCN1CCC(C(N)=O)CC1)N1CCN(c2cc(Cl)ccc2C)CC1. The lowest BCUT2D eigenvalue weighted by Gasteiger charge is -2.38. The van der Waals surface area contributed by atoms with Crippen molar-refractivity contribution in [3.8, 4) is 0 Å². The highest BCUT2D eigenvalue weighted by atomic mass is 35.5. The number of piperidine rings is 1. The number of likely N-dealkylation sites (tertiary alicyclic amines) is 1. The summed E-state index contributed by atoms with van der Waals surface area (Å²) in [6.45, 7) is 9.94. The molecule has 0 spiro atoms. The van der Waals surface area contributed by atoms with Crippen molar-refractivity contribution in [2.45, 2.75) is 32.6 Å². The molecule has 0 unspecified atom stereocenters. The smallest absolute Gasteiger partial charge is 0.220 e. The Morgan fingerprint density at radius 1 is 1.16 bits per heavy atom. The third kappa shape index (κ3) is 6.74. The van der Waals surface area contributed by atoms with Crippen LogP contribution in [0.25, 0.3) is 0 Å². The van der Waals surface area contributed by atoms with Crippen LogP contribution in [0.2, 0.25) is 5.02 Å². The molecule has 2 fully saturated rings. The minimum absolute atomic E-state index is 0.0736. The lowest BCUT2D eigenvalue weighted by atomic mass is 9.96. The molecule has 0 aromatic heterocycles. The highest BCUT2D eigenvalue weighted by molar-refractivity contribution is 6.30. The van der Waals surface area contributed by atoms with Gasteiger partial charge in [-0.25, -0.2) is 0 Å². The van der Waals surface area contributed by atoms with E-state index in [2.05, 4.69) is 44.1 Å². The van der Waals surface area contributed by atoms with E-state index in [1.165, 1.54) is 11.3 Å². The summed E-state index contributed by atoms with van der Waals surface area (Å²) in [5, 5.41) is 4.32. The van der Waals surface area contributed by atoms with Gasteiger partial charge in [-0.05, 0) is 69.9 Å². The van der Waals surface area contributed by atoms with Crippen LogP contribution >= 0.6 is 11.6 Å². The van der Waals surface area contributed by atoms with Gasteiger partial charge in [0, 0.05) is 56.4 Å². The summed E-state index contributed by atoms with van der Waals surface area (Å²) in [5.41, 5.74) is 7.91. The zero-order valence-corrected chi connectivity index (χ0v) is 19.7. The molecule has 1 aromatic carbocycles. The summed E-state index contributed by atoms with van der Waals surface area (Å²) in [7, 11) is 1.86. The molecule has 0 radical (unpaired) electrons. The number of unbranched alkanes of at least 4 members (excludes halogenated alkanes) is 1. The first-order valence-electron chi connectivity index (χ1n) is 11.5. The number of rotatable bonds is 7. The van der Waals surface area contributed by atoms with Gasteiger partial charge in [-0.15, -0.1) is 0 Å².